The molecule has 0 aliphatic heterocycles. The number of benzene rings is 3. The molecule has 0 aromatic heterocycles. The lowest BCUT2D eigenvalue weighted by atomic mass is 10.2. The van der Waals surface area contributed by atoms with Crippen molar-refractivity contribution in [2.24, 2.45) is 5.10 Å². The summed E-state index contributed by atoms with van der Waals surface area (Å²) in [5, 5.41) is 6.62. The van der Waals surface area contributed by atoms with Crippen molar-refractivity contribution in [3.63, 3.8) is 0 Å². The number of carbonyl (C=O) groups is 3. The summed E-state index contributed by atoms with van der Waals surface area (Å²) in [6.45, 7) is -0.296. The van der Waals surface area contributed by atoms with Gasteiger partial charge in [0, 0.05) is 0 Å². The first-order valence-electron chi connectivity index (χ1n) is 10.8. The minimum Gasteiger partial charge on any atom is -0.493 e. The van der Waals surface area contributed by atoms with Crippen molar-refractivity contribution in [1.29, 1.82) is 0 Å². The molecule has 0 unspecified atom stereocenters. The number of rotatable bonds is 10. The van der Waals surface area contributed by atoms with E-state index in [1.807, 2.05) is 0 Å². The summed E-state index contributed by atoms with van der Waals surface area (Å²) in [7, 11) is 4.39. The lowest BCUT2D eigenvalue weighted by molar-refractivity contribution is -0.120. The lowest BCUT2D eigenvalue weighted by Gasteiger charge is -2.11. The van der Waals surface area contributed by atoms with Crippen molar-refractivity contribution in [3.8, 4) is 23.0 Å². The number of methoxy groups -OCH3 is 3. The molecule has 37 heavy (non-hydrogen) atoms. The second-order valence-electron chi connectivity index (χ2n) is 7.33. The van der Waals surface area contributed by atoms with Crippen LogP contribution in [-0.4, -0.2) is 51.9 Å². The molecule has 0 bridgehead atoms. The second kappa shape index (κ2) is 12.9. The Labute approximate surface area is 218 Å². The molecular weight excluding hydrogens is 502 g/mol. The Bertz CT molecular complexity index is 1330. The number of hydrazone groups is 1. The number of carbonyl (C=O) groups excluding carboxylic acids is 3. The van der Waals surface area contributed by atoms with Crippen LogP contribution in [0.5, 0.6) is 23.0 Å². The van der Waals surface area contributed by atoms with Gasteiger partial charge in [0.2, 0.25) is 0 Å². The molecule has 0 spiro atoms. The van der Waals surface area contributed by atoms with Crippen molar-refractivity contribution in [2.45, 2.75) is 0 Å². The van der Waals surface area contributed by atoms with Crippen LogP contribution in [0.2, 0.25) is 5.02 Å². The molecule has 0 saturated carbocycles. The molecule has 3 aromatic carbocycles. The van der Waals surface area contributed by atoms with Gasteiger partial charge in [0.15, 0.2) is 23.0 Å². The molecule has 0 radical (unpaired) electrons. The summed E-state index contributed by atoms with van der Waals surface area (Å²) in [5.74, 6) is -0.304. The summed E-state index contributed by atoms with van der Waals surface area (Å²) in [5.41, 5.74) is 3.39. The van der Waals surface area contributed by atoms with E-state index in [2.05, 4.69) is 15.8 Å². The van der Waals surface area contributed by atoms with Crippen LogP contribution in [0.25, 0.3) is 0 Å². The summed E-state index contributed by atoms with van der Waals surface area (Å²) in [6, 6.07) is 15.9. The van der Waals surface area contributed by atoms with Crippen LogP contribution in [-0.2, 0) is 4.79 Å². The molecule has 11 heteroatoms. The van der Waals surface area contributed by atoms with Crippen molar-refractivity contribution in [2.75, 3.05) is 27.9 Å². The number of esters is 1. The molecule has 192 valence electrons. The zero-order valence-electron chi connectivity index (χ0n) is 20.2. The summed E-state index contributed by atoms with van der Waals surface area (Å²) in [6.07, 6.45) is 1.37. The fourth-order valence-corrected chi connectivity index (χ4v) is 3.31. The van der Waals surface area contributed by atoms with Crippen LogP contribution in [0.1, 0.15) is 26.3 Å². The van der Waals surface area contributed by atoms with E-state index >= 15 is 0 Å². The van der Waals surface area contributed by atoms with Crippen molar-refractivity contribution in [1.82, 2.24) is 10.7 Å². The third kappa shape index (κ3) is 7.21. The van der Waals surface area contributed by atoms with Crippen LogP contribution < -0.4 is 29.7 Å². The third-order valence-corrected chi connectivity index (χ3v) is 5.27. The molecule has 0 aliphatic carbocycles. The van der Waals surface area contributed by atoms with Crippen molar-refractivity contribution in [3.05, 3.63) is 82.4 Å². The summed E-state index contributed by atoms with van der Waals surface area (Å²) >= 11 is 5.97. The third-order valence-electron chi connectivity index (χ3n) is 4.94. The first-order valence-corrected chi connectivity index (χ1v) is 11.2. The Balaban J connectivity index is 1.58. The molecule has 2 amide bonds. The van der Waals surface area contributed by atoms with Gasteiger partial charge in [-0.15, -0.1) is 0 Å². The van der Waals surface area contributed by atoms with Crippen molar-refractivity contribution < 1.29 is 33.3 Å². The van der Waals surface area contributed by atoms with Gasteiger partial charge in [-0.25, -0.2) is 10.2 Å². The summed E-state index contributed by atoms with van der Waals surface area (Å²) < 4.78 is 21.2. The number of hydrogen-bond donors (Lipinski definition) is 2. The zero-order chi connectivity index (χ0) is 26.8. The van der Waals surface area contributed by atoms with Gasteiger partial charge in [-0.3, -0.25) is 9.59 Å². The van der Waals surface area contributed by atoms with Crippen LogP contribution in [0.3, 0.4) is 0 Å². The minimum absolute atomic E-state index is 0.186. The van der Waals surface area contributed by atoms with Gasteiger partial charge in [0.25, 0.3) is 11.8 Å². The molecule has 10 nitrogen and oxygen atoms in total. The first-order chi connectivity index (χ1) is 17.9. The Morgan fingerprint density at radius 2 is 1.54 bits per heavy atom. The molecule has 0 fully saturated rings. The van der Waals surface area contributed by atoms with Gasteiger partial charge in [-0.05, 0) is 54.1 Å². The Morgan fingerprint density at radius 3 is 2.24 bits per heavy atom. The zero-order valence-corrected chi connectivity index (χ0v) is 21.0. The highest BCUT2D eigenvalue weighted by Gasteiger charge is 2.16. The molecule has 0 heterocycles. The maximum absolute atomic E-state index is 12.6. The van der Waals surface area contributed by atoms with E-state index in [-0.39, 0.29) is 34.2 Å². The number of amides is 2. The highest BCUT2D eigenvalue weighted by Crippen LogP contribution is 2.31. The van der Waals surface area contributed by atoms with Gasteiger partial charge in [-0.2, -0.15) is 5.10 Å². The van der Waals surface area contributed by atoms with Gasteiger partial charge < -0.3 is 24.3 Å². The fraction of sp³-hybridized carbons (Fsp3) is 0.154. The summed E-state index contributed by atoms with van der Waals surface area (Å²) in [4.78, 5) is 36.7. The van der Waals surface area contributed by atoms with E-state index in [1.54, 1.807) is 48.5 Å². The van der Waals surface area contributed by atoms with E-state index in [4.69, 9.17) is 30.5 Å². The number of nitrogens with one attached hydrogen (secondary N) is 2. The number of ether oxygens (including phenoxy) is 4. The SMILES string of the molecule is COc1ccc(C(=O)Oc2ccc(/C=N/NC(=O)CNC(=O)c3ccccc3Cl)cc2OC)cc1OC. The monoisotopic (exact) mass is 525 g/mol. The first kappa shape index (κ1) is 27.0. The number of hydrogen-bond acceptors (Lipinski definition) is 8. The predicted molar refractivity (Wildman–Crippen MR) is 137 cm³/mol. The molecule has 3 aromatic rings. The maximum atomic E-state index is 12.6. The number of nitrogens with zero attached hydrogens (tertiary/aromatic N) is 1. The van der Waals surface area contributed by atoms with Crippen LogP contribution in [0, 0.1) is 0 Å². The van der Waals surface area contributed by atoms with Gasteiger partial charge in [-0.1, -0.05) is 23.7 Å². The van der Waals surface area contributed by atoms with Crippen LogP contribution in [0.4, 0.5) is 0 Å². The standard InChI is InChI=1S/C26H24ClN3O7/c1-34-20-11-9-17(13-23(20)36-3)26(33)37-21-10-8-16(12-22(21)35-2)14-29-30-24(31)15-28-25(32)18-6-4-5-7-19(18)27/h4-14H,15H2,1-3H3,(H,28,32)(H,30,31)/b29-14+. The normalized spacial score (nSPS) is 10.5. The predicted octanol–water partition coefficient (Wildman–Crippen LogP) is 3.47. The van der Waals surface area contributed by atoms with Gasteiger partial charge in [0.1, 0.15) is 0 Å². The van der Waals surface area contributed by atoms with E-state index in [0.717, 1.165) is 0 Å². The Morgan fingerprint density at radius 1 is 0.865 bits per heavy atom. The maximum Gasteiger partial charge on any atom is 0.343 e. The fourth-order valence-electron chi connectivity index (χ4n) is 3.09. The van der Waals surface area contributed by atoms with Gasteiger partial charge in [0.05, 0.1) is 50.2 Å². The highest BCUT2D eigenvalue weighted by atomic mass is 35.5. The van der Waals surface area contributed by atoms with Crippen LogP contribution >= 0.6 is 11.6 Å². The van der Waals surface area contributed by atoms with Crippen molar-refractivity contribution >= 4 is 35.6 Å². The topological polar surface area (TPSA) is 125 Å². The largest absolute Gasteiger partial charge is 0.493 e. The quantitative estimate of drug-likeness (QED) is 0.180. The average molecular weight is 526 g/mol. The Kier molecular flexibility index (Phi) is 9.45. The minimum atomic E-state index is -0.619. The van der Waals surface area contributed by atoms with E-state index in [1.165, 1.54) is 39.7 Å². The van der Waals surface area contributed by atoms with E-state index in [0.29, 0.717) is 17.1 Å². The van der Waals surface area contributed by atoms with Gasteiger partial charge >= 0.3 is 5.97 Å². The van der Waals surface area contributed by atoms with Crippen LogP contribution in [0.15, 0.2) is 65.8 Å². The number of halogens is 1. The molecule has 0 aliphatic rings. The molecule has 2 N–H and O–H groups in total. The lowest BCUT2D eigenvalue weighted by Crippen LogP contribution is -2.35. The molecular formula is C26H24ClN3O7. The highest BCUT2D eigenvalue weighted by molar-refractivity contribution is 6.33. The van der Waals surface area contributed by atoms with E-state index in [9.17, 15) is 14.4 Å². The smallest absolute Gasteiger partial charge is 0.343 e. The molecule has 0 saturated heterocycles. The average Bonchev–Trinajstić information content (AvgIpc) is 2.92. The van der Waals surface area contributed by atoms with E-state index < -0.39 is 17.8 Å². The molecule has 3 rings (SSSR count). The second-order valence-corrected chi connectivity index (χ2v) is 7.73. The Hall–Kier alpha value is -4.57. The molecule has 0 atom stereocenters.